The van der Waals surface area contributed by atoms with Gasteiger partial charge in [-0.1, -0.05) is 147 Å². The summed E-state index contributed by atoms with van der Waals surface area (Å²) in [6, 6.07) is 60.6. The first-order valence-corrected chi connectivity index (χ1v) is 18.3. The van der Waals surface area contributed by atoms with Gasteiger partial charge in [0.25, 0.3) is 0 Å². The largest absolute Gasteiger partial charge is 0.455 e. The van der Waals surface area contributed by atoms with E-state index in [2.05, 4.69) is 176 Å². The number of fused-ring (bicyclic) bond motifs is 12. The molecule has 11 rings (SSSR count). The van der Waals surface area contributed by atoms with E-state index < -0.39 is 0 Å². The van der Waals surface area contributed by atoms with Gasteiger partial charge in [-0.15, -0.1) is 0 Å². The molecule has 0 saturated carbocycles. The average molecular weight is 679 g/mol. The Balaban J connectivity index is 1.18. The Kier molecular flexibility index (Phi) is 6.30. The van der Waals surface area contributed by atoms with Gasteiger partial charge in [-0.2, -0.15) is 0 Å². The summed E-state index contributed by atoms with van der Waals surface area (Å²) in [5.41, 5.74) is 16.8. The van der Waals surface area contributed by atoms with E-state index >= 15 is 0 Å². The molecule has 3 heterocycles. The van der Waals surface area contributed by atoms with Gasteiger partial charge in [-0.25, -0.2) is 4.98 Å². The lowest BCUT2D eigenvalue weighted by atomic mass is 9.80. The van der Waals surface area contributed by atoms with Crippen LogP contribution in [0, 0.1) is 0 Å². The molecule has 7 aromatic carbocycles. The summed E-state index contributed by atoms with van der Waals surface area (Å²) in [6.07, 6.45) is 0. The van der Waals surface area contributed by atoms with Crippen LogP contribution in [0.4, 0.5) is 0 Å². The topological polar surface area (TPSA) is 31.0 Å². The average Bonchev–Trinajstić information content (AvgIpc) is 3.84. The summed E-state index contributed by atoms with van der Waals surface area (Å²) < 4.78 is 9.36. The molecule has 53 heavy (non-hydrogen) atoms. The molecule has 0 atom stereocenters. The zero-order valence-corrected chi connectivity index (χ0v) is 29.5. The summed E-state index contributed by atoms with van der Waals surface area (Å²) in [5, 5.41) is 4.75. The molecule has 0 aliphatic heterocycles. The molecule has 0 amide bonds. The van der Waals surface area contributed by atoms with E-state index in [0.29, 0.717) is 0 Å². The Morgan fingerprint density at radius 3 is 1.85 bits per heavy atom. The maximum atomic E-state index is 6.89. The summed E-state index contributed by atoms with van der Waals surface area (Å²) in [5.74, 6) is 0. The lowest BCUT2D eigenvalue weighted by Gasteiger charge is -2.22. The minimum Gasteiger partial charge on any atom is -0.455 e. The fourth-order valence-corrected chi connectivity index (χ4v) is 8.97. The predicted octanol–water partition coefficient (Wildman–Crippen LogP) is 13.4. The van der Waals surface area contributed by atoms with Gasteiger partial charge in [-0.05, 0) is 64.2 Å². The van der Waals surface area contributed by atoms with E-state index in [1.165, 1.54) is 43.9 Å². The molecule has 0 spiro atoms. The molecule has 0 unspecified atom stereocenters. The minimum absolute atomic E-state index is 0.218. The van der Waals surface area contributed by atoms with E-state index in [0.717, 1.165) is 61.4 Å². The number of rotatable bonds is 4. The Labute approximate surface area is 307 Å². The zero-order valence-electron chi connectivity index (χ0n) is 29.5. The number of nitrogens with zero attached hydrogens (tertiary/aromatic N) is 2. The van der Waals surface area contributed by atoms with Crippen molar-refractivity contribution in [3.05, 3.63) is 181 Å². The first-order chi connectivity index (χ1) is 26.1. The van der Waals surface area contributed by atoms with Gasteiger partial charge in [0.1, 0.15) is 11.2 Å². The fourth-order valence-electron chi connectivity index (χ4n) is 8.97. The molecule has 1 aliphatic rings. The Bertz CT molecular complexity index is 3000. The smallest absolute Gasteiger partial charge is 0.145 e. The molecule has 0 saturated heterocycles. The SMILES string of the molecule is CC1(C)c2ccccc2-c2c1c1c3ccccc3oc1c1c3ccccc3n(-c3ccc(-c4cc(-c5ccccc5)nc(-c5ccccc5)c4)cc3)c21. The number of para-hydroxylation sites is 2. The third-order valence-corrected chi connectivity index (χ3v) is 11.4. The Morgan fingerprint density at radius 2 is 1.13 bits per heavy atom. The quantitative estimate of drug-likeness (QED) is 0.185. The van der Waals surface area contributed by atoms with Gasteiger partial charge in [-0.3, -0.25) is 0 Å². The number of hydrogen-bond acceptors (Lipinski definition) is 2. The van der Waals surface area contributed by atoms with Crippen molar-refractivity contribution < 1.29 is 4.42 Å². The van der Waals surface area contributed by atoms with E-state index in [1.807, 2.05) is 12.1 Å². The highest BCUT2D eigenvalue weighted by molar-refractivity contribution is 6.29. The molecule has 0 fully saturated rings. The molecule has 3 nitrogen and oxygen atoms in total. The van der Waals surface area contributed by atoms with Gasteiger partial charge in [0.05, 0.1) is 27.8 Å². The maximum Gasteiger partial charge on any atom is 0.145 e. The van der Waals surface area contributed by atoms with Crippen molar-refractivity contribution in [1.29, 1.82) is 0 Å². The Hall–Kier alpha value is -6.71. The number of pyridine rings is 1. The van der Waals surface area contributed by atoms with Crippen LogP contribution >= 0.6 is 0 Å². The van der Waals surface area contributed by atoms with Crippen molar-refractivity contribution in [2.45, 2.75) is 19.3 Å². The molecule has 1 aliphatic carbocycles. The highest BCUT2D eigenvalue weighted by Gasteiger charge is 2.41. The summed E-state index contributed by atoms with van der Waals surface area (Å²) in [7, 11) is 0. The van der Waals surface area contributed by atoms with E-state index in [1.54, 1.807) is 0 Å². The van der Waals surface area contributed by atoms with Crippen molar-refractivity contribution in [3.8, 4) is 50.5 Å². The van der Waals surface area contributed by atoms with Crippen LogP contribution in [0.1, 0.15) is 25.0 Å². The van der Waals surface area contributed by atoms with Gasteiger partial charge >= 0.3 is 0 Å². The maximum absolute atomic E-state index is 6.89. The van der Waals surface area contributed by atoms with Crippen LogP contribution in [0.15, 0.2) is 174 Å². The highest BCUT2D eigenvalue weighted by Crippen LogP contribution is 2.57. The predicted molar refractivity (Wildman–Crippen MR) is 220 cm³/mol. The highest BCUT2D eigenvalue weighted by atomic mass is 16.3. The molecule has 250 valence electrons. The van der Waals surface area contributed by atoms with Crippen LogP contribution in [-0.2, 0) is 5.41 Å². The van der Waals surface area contributed by atoms with Crippen LogP contribution in [0.3, 0.4) is 0 Å². The lowest BCUT2D eigenvalue weighted by Crippen LogP contribution is -2.15. The summed E-state index contributed by atoms with van der Waals surface area (Å²) in [6.45, 7) is 4.74. The second-order valence-electron chi connectivity index (χ2n) is 14.7. The number of aromatic nitrogens is 2. The molecular weight excluding hydrogens is 645 g/mol. The lowest BCUT2D eigenvalue weighted by molar-refractivity contribution is 0.659. The molecule has 0 bridgehead atoms. The number of benzene rings is 7. The van der Waals surface area contributed by atoms with Gasteiger partial charge in [0.2, 0.25) is 0 Å². The molecule has 0 radical (unpaired) electrons. The molecular formula is C50H34N2O. The van der Waals surface area contributed by atoms with E-state index in [9.17, 15) is 0 Å². The first kappa shape index (κ1) is 30.0. The van der Waals surface area contributed by atoms with Gasteiger partial charge in [0, 0.05) is 44.0 Å². The molecule has 3 aromatic heterocycles. The van der Waals surface area contributed by atoms with E-state index in [-0.39, 0.29) is 5.41 Å². The zero-order chi connectivity index (χ0) is 35.3. The van der Waals surface area contributed by atoms with Crippen molar-refractivity contribution >= 4 is 43.7 Å². The fraction of sp³-hybridized carbons (Fsp3) is 0.0600. The van der Waals surface area contributed by atoms with Crippen LogP contribution < -0.4 is 0 Å². The third kappa shape index (κ3) is 4.31. The molecule has 3 heteroatoms. The van der Waals surface area contributed by atoms with Crippen LogP contribution in [0.5, 0.6) is 0 Å². The number of furan rings is 1. The third-order valence-electron chi connectivity index (χ3n) is 11.4. The van der Waals surface area contributed by atoms with E-state index in [4.69, 9.17) is 9.40 Å². The van der Waals surface area contributed by atoms with Crippen molar-refractivity contribution in [1.82, 2.24) is 9.55 Å². The van der Waals surface area contributed by atoms with Crippen molar-refractivity contribution in [2.24, 2.45) is 0 Å². The van der Waals surface area contributed by atoms with Crippen molar-refractivity contribution in [3.63, 3.8) is 0 Å². The van der Waals surface area contributed by atoms with Crippen LogP contribution in [0.2, 0.25) is 0 Å². The summed E-state index contributed by atoms with van der Waals surface area (Å²) >= 11 is 0. The van der Waals surface area contributed by atoms with Crippen LogP contribution in [0.25, 0.3) is 94.2 Å². The number of hydrogen-bond donors (Lipinski definition) is 0. The Morgan fingerprint density at radius 1 is 0.528 bits per heavy atom. The minimum atomic E-state index is -0.218. The molecule has 0 N–H and O–H groups in total. The van der Waals surface area contributed by atoms with Gasteiger partial charge in [0.15, 0.2) is 0 Å². The van der Waals surface area contributed by atoms with Crippen molar-refractivity contribution in [2.75, 3.05) is 0 Å². The first-order valence-electron chi connectivity index (χ1n) is 18.3. The second-order valence-corrected chi connectivity index (χ2v) is 14.7. The normalized spacial score (nSPS) is 13.2. The second kappa shape index (κ2) is 11.1. The standard InChI is InChI=1S/C50H34N2O/c1-50(2)39-22-12-9-19-36(39)44-47(50)45-38-21-11-14-24-43(38)53-49(45)46-37-20-10-13-23-42(37)52(48(44)46)35-27-25-31(26-28-35)34-29-40(32-15-5-3-6-16-32)51-41(30-34)33-17-7-4-8-18-33/h3-30H,1-2H3. The molecule has 10 aromatic rings. The monoisotopic (exact) mass is 678 g/mol. The summed E-state index contributed by atoms with van der Waals surface area (Å²) in [4.78, 5) is 5.12. The van der Waals surface area contributed by atoms with Crippen LogP contribution in [-0.4, -0.2) is 9.55 Å². The van der Waals surface area contributed by atoms with Gasteiger partial charge < -0.3 is 8.98 Å².